The molecule has 1 unspecified atom stereocenters. The van der Waals surface area contributed by atoms with E-state index < -0.39 is 11.9 Å². The minimum Gasteiger partial charge on any atom is -0.508 e. The summed E-state index contributed by atoms with van der Waals surface area (Å²) >= 11 is 0. The molecule has 0 saturated heterocycles. The van der Waals surface area contributed by atoms with E-state index in [1.54, 1.807) is 19.1 Å². The van der Waals surface area contributed by atoms with E-state index in [0.29, 0.717) is 11.5 Å². The SMILES string of the molecule is CC(C)Cc1ccc(C(C)C(=O)O)c(O)c1. The Bertz CT molecular complexity index is 383. The highest BCUT2D eigenvalue weighted by Crippen LogP contribution is 2.27. The lowest BCUT2D eigenvalue weighted by Crippen LogP contribution is -2.07. The van der Waals surface area contributed by atoms with Crippen molar-refractivity contribution in [1.29, 1.82) is 0 Å². The molecule has 0 fully saturated rings. The third-order valence-electron chi connectivity index (χ3n) is 2.58. The van der Waals surface area contributed by atoms with Gasteiger partial charge in [0.15, 0.2) is 0 Å². The van der Waals surface area contributed by atoms with Gasteiger partial charge in [0.25, 0.3) is 0 Å². The number of carboxylic acid groups (broad SMARTS) is 1. The van der Waals surface area contributed by atoms with Crippen molar-refractivity contribution in [1.82, 2.24) is 0 Å². The van der Waals surface area contributed by atoms with Crippen molar-refractivity contribution in [3.63, 3.8) is 0 Å². The van der Waals surface area contributed by atoms with Crippen molar-refractivity contribution in [2.45, 2.75) is 33.1 Å². The highest BCUT2D eigenvalue weighted by molar-refractivity contribution is 5.76. The van der Waals surface area contributed by atoms with Crippen LogP contribution in [0.25, 0.3) is 0 Å². The Hall–Kier alpha value is -1.51. The number of rotatable bonds is 4. The van der Waals surface area contributed by atoms with Crippen molar-refractivity contribution in [2.24, 2.45) is 5.92 Å². The number of carboxylic acids is 1. The standard InChI is InChI=1S/C13H18O3/c1-8(2)6-10-4-5-11(12(14)7-10)9(3)13(15)16/h4-5,7-9,14H,6H2,1-3H3,(H,15,16). The maximum Gasteiger partial charge on any atom is 0.310 e. The predicted octanol–water partition coefficient (Wildman–Crippen LogP) is 2.78. The van der Waals surface area contributed by atoms with E-state index in [9.17, 15) is 9.90 Å². The molecule has 0 radical (unpaired) electrons. The lowest BCUT2D eigenvalue weighted by molar-refractivity contribution is -0.138. The van der Waals surface area contributed by atoms with Crippen molar-refractivity contribution in [2.75, 3.05) is 0 Å². The van der Waals surface area contributed by atoms with Crippen LogP contribution in [0.4, 0.5) is 0 Å². The quantitative estimate of drug-likeness (QED) is 0.823. The Labute approximate surface area is 95.7 Å². The minimum absolute atomic E-state index is 0.0769. The third kappa shape index (κ3) is 2.99. The van der Waals surface area contributed by atoms with E-state index in [1.807, 2.05) is 6.07 Å². The molecule has 2 N–H and O–H groups in total. The molecule has 88 valence electrons. The molecule has 0 spiro atoms. The number of benzene rings is 1. The number of phenolic OH excluding ortho intramolecular Hbond substituents is 1. The van der Waals surface area contributed by atoms with Crippen LogP contribution in [-0.2, 0) is 11.2 Å². The van der Waals surface area contributed by atoms with Crippen molar-refractivity contribution < 1.29 is 15.0 Å². The lowest BCUT2D eigenvalue weighted by atomic mass is 9.96. The highest BCUT2D eigenvalue weighted by atomic mass is 16.4. The summed E-state index contributed by atoms with van der Waals surface area (Å²) in [4.78, 5) is 10.8. The van der Waals surface area contributed by atoms with Gasteiger partial charge in [0.1, 0.15) is 5.75 Å². The molecule has 3 heteroatoms. The fraction of sp³-hybridized carbons (Fsp3) is 0.462. The summed E-state index contributed by atoms with van der Waals surface area (Å²) in [6.45, 7) is 5.77. The molecule has 0 saturated carbocycles. The summed E-state index contributed by atoms with van der Waals surface area (Å²) in [5.74, 6) is -1.00. The largest absolute Gasteiger partial charge is 0.508 e. The number of phenols is 1. The fourth-order valence-corrected chi connectivity index (χ4v) is 1.69. The molecule has 1 atom stereocenters. The Morgan fingerprint density at radius 1 is 1.31 bits per heavy atom. The summed E-state index contributed by atoms with van der Waals surface area (Å²) < 4.78 is 0. The maximum atomic E-state index is 10.8. The second kappa shape index (κ2) is 5.01. The Balaban J connectivity index is 2.95. The molecule has 0 aliphatic carbocycles. The molecular formula is C13H18O3. The molecule has 16 heavy (non-hydrogen) atoms. The van der Waals surface area contributed by atoms with Crippen LogP contribution in [0.2, 0.25) is 0 Å². The van der Waals surface area contributed by atoms with Gasteiger partial charge in [-0.15, -0.1) is 0 Å². The average molecular weight is 222 g/mol. The van der Waals surface area contributed by atoms with Gasteiger partial charge < -0.3 is 10.2 Å². The topological polar surface area (TPSA) is 57.5 Å². The van der Waals surface area contributed by atoms with Gasteiger partial charge in [-0.05, 0) is 30.9 Å². The summed E-state index contributed by atoms with van der Waals surface area (Å²) in [6, 6.07) is 5.25. The van der Waals surface area contributed by atoms with E-state index in [1.165, 1.54) is 0 Å². The first kappa shape index (κ1) is 12.6. The summed E-state index contributed by atoms with van der Waals surface area (Å²) in [6.07, 6.45) is 0.884. The molecule has 3 nitrogen and oxygen atoms in total. The molecule has 0 heterocycles. The number of hydrogen-bond acceptors (Lipinski definition) is 2. The van der Waals surface area contributed by atoms with E-state index >= 15 is 0 Å². The molecule has 0 aliphatic rings. The van der Waals surface area contributed by atoms with Crippen LogP contribution in [-0.4, -0.2) is 16.2 Å². The van der Waals surface area contributed by atoms with Crippen LogP contribution in [0.1, 0.15) is 37.8 Å². The first-order chi connectivity index (χ1) is 7.41. The average Bonchev–Trinajstić information content (AvgIpc) is 2.15. The first-order valence-electron chi connectivity index (χ1n) is 5.46. The summed E-state index contributed by atoms with van der Waals surface area (Å²) in [7, 11) is 0. The van der Waals surface area contributed by atoms with Crippen molar-refractivity contribution in [3.8, 4) is 5.75 Å². The van der Waals surface area contributed by atoms with Crippen LogP contribution in [0, 0.1) is 5.92 Å². The monoisotopic (exact) mass is 222 g/mol. The first-order valence-corrected chi connectivity index (χ1v) is 5.46. The van der Waals surface area contributed by atoms with Gasteiger partial charge in [0.05, 0.1) is 5.92 Å². The number of aromatic hydroxyl groups is 1. The Kier molecular flexibility index (Phi) is 3.93. The molecule has 0 amide bonds. The van der Waals surface area contributed by atoms with Gasteiger partial charge in [0, 0.05) is 5.56 Å². The molecule has 1 rings (SSSR count). The van der Waals surface area contributed by atoms with Gasteiger partial charge in [-0.25, -0.2) is 0 Å². The van der Waals surface area contributed by atoms with Crippen molar-refractivity contribution in [3.05, 3.63) is 29.3 Å². The zero-order valence-electron chi connectivity index (χ0n) is 9.90. The van der Waals surface area contributed by atoms with E-state index in [2.05, 4.69) is 13.8 Å². The smallest absolute Gasteiger partial charge is 0.310 e. The molecule has 0 aromatic heterocycles. The second-order valence-corrected chi connectivity index (χ2v) is 4.55. The van der Waals surface area contributed by atoms with Crippen molar-refractivity contribution >= 4 is 5.97 Å². The molecule has 0 aliphatic heterocycles. The normalized spacial score (nSPS) is 12.8. The van der Waals surface area contributed by atoms with Gasteiger partial charge in [0.2, 0.25) is 0 Å². The Morgan fingerprint density at radius 2 is 1.94 bits per heavy atom. The van der Waals surface area contributed by atoms with Crippen LogP contribution < -0.4 is 0 Å². The molecular weight excluding hydrogens is 204 g/mol. The van der Waals surface area contributed by atoms with E-state index in [-0.39, 0.29) is 5.75 Å². The van der Waals surface area contributed by atoms with E-state index in [0.717, 1.165) is 12.0 Å². The minimum atomic E-state index is -0.924. The summed E-state index contributed by atoms with van der Waals surface area (Å²) in [5.41, 5.74) is 1.51. The Morgan fingerprint density at radius 3 is 2.38 bits per heavy atom. The van der Waals surface area contributed by atoms with Gasteiger partial charge in [-0.3, -0.25) is 4.79 Å². The molecule has 0 bridgehead atoms. The fourth-order valence-electron chi connectivity index (χ4n) is 1.69. The van der Waals surface area contributed by atoms with Crippen LogP contribution in [0.5, 0.6) is 5.75 Å². The number of aliphatic carboxylic acids is 1. The highest BCUT2D eigenvalue weighted by Gasteiger charge is 2.17. The zero-order valence-corrected chi connectivity index (χ0v) is 9.90. The second-order valence-electron chi connectivity index (χ2n) is 4.55. The zero-order chi connectivity index (χ0) is 12.3. The molecule has 1 aromatic carbocycles. The van der Waals surface area contributed by atoms with Crippen LogP contribution in [0.3, 0.4) is 0 Å². The van der Waals surface area contributed by atoms with Gasteiger partial charge in [-0.2, -0.15) is 0 Å². The van der Waals surface area contributed by atoms with Crippen LogP contribution >= 0.6 is 0 Å². The number of carbonyl (C=O) groups is 1. The van der Waals surface area contributed by atoms with E-state index in [4.69, 9.17) is 5.11 Å². The number of hydrogen-bond donors (Lipinski definition) is 2. The van der Waals surface area contributed by atoms with Crippen LogP contribution in [0.15, 0.2) is 18.2 Å². The third-order valence-corrected chi connectivity index (χ3v) is 2.58. The van der Waals surface area contributed by atoms with Gasteiger partial charge in [-0.1, -0.05) is 26.0 Å². The predicted molar refractivity (Wildman–Crippen MR) is 62.7 cm³/mol. The lowest BCUT2D eigenvalue weighted by Gasteiger charge is -2.11. The molecule has 1 aromatic rings. The maximum absolute atomic E-state index is 10.8. The van der Waals surface area contributed by atoms with Gasteiger partial charge >= 0.3 is 5.97 Å². The summed E-state index contributed by atoms with van der Waals surface area (Å²) in [5, 5.41) is 18.6.